The van der Waals surface area contributed by atoms with Gasteiger partial charge in [-0.2, -0.15) is 49.2 Å². The first-order chi connectivity index (χ1) is 13.6. The van der Waals surface area contributed by atoms with E-state index in [1.165, 1.54) is 35.7 Å². The highest BCUT2D eigenvalue weighted by atomic mass is 32.1. The predicted molar refractivity (Wildman–Crippen MR) is 83.4 cm³/mol. The van der Waals surface area contributed by atoms with Gasteiger partial charge in [0.2, 0.25) is 5.91 Å². The van der Waals surface area contributed by atoms with Gasteiger partial charge < -0.3 is 5.32 Å². The Balaban J connectivity index is 2.12. The van der Waals surface area contributed by atoms with Crippen LogP contribution in [-0.2, 0) is 4.79 Å². The van der Waals surface area contributed by atoms with Crippen LogP contribution in [0, 0.1) is 17.2 Å². The largest absolute Gasteiger partial charge is 0.384 e. The summed E-state index contributed by atoms with van der Waals surface area (Å²) >= 11 is 0.473. The third-order valence-corrected chi connectivity index (χ3v) is 5.64. The van der Waals surface area contributed by atoms with Gasteiger partial charge in [-0.1, -0.05) is 18.2 Å². The van der Waals surface area contributed by atoms with Crippen LogP contribution in [0.25, 0.3) is 10.1 Å². The number of fused-ring (bicyclic) bond motifs is 1. The highest BCUT2D eigenvalue weighted by Gasteiger charge is 2.96. The Hall–Kier alpha value is -2.56. The molecular formula is C16H6F10N2OS. The van der Waals surface area contributed by atoms with Crippen LogP contribution in [-0.4, -0.2) is 35.5 Å². The van der Waals surface area contributed by atoms with Crippen LogP contribution in [0.2, 0.25) is 0 Å². The van der Waals surface area contributed by atoms with Gasteiger partial charge in [0, 0.05) is 10.1 Å². The van der Waals surface area contributed by atoms with Crippen molar-refractivity contribution >= 4 is 32.3 Å². The summed E-state index contributed by atoms with van der Waals surface area (Å²) in [5.74, 6) is -41.9. The van der Waals surface area contributed by atoms with E-state index in [2.05, 4.69) is 0 Å². The summed E-state index contributed by atoms with van der Waals surface area (Å²) in [6.07, 6.45) is 0. The average molecular weight is 464 g/mol. The van der Waals surface area contributed by atoms with Crippen LogP contribution in [0.1, 0.15) is 5.56 Å². The van der Waals surface area contributed by atoms with Crippen LogP contribution in [0.5, 0.6) is 0 Å². The molecule has 0 bridgehead atoms. The third kappa shape index (κ3) is 2.47. The highest BCUT2D eigenvalue weighted by Crippen LogP contribution is 2.67. The van der Waals surface area contributed by atoms with Crippen molar-refractivity contribution < 1.29 is 48.7 Å². The Kier molecular flexibility index (Phi) is 4.59. The van der Waals surface area contributed by atoms with Crippen molar-refractivity contribution in [2.45, 2.75) is 29.6 Å². The molecule has 1 saturated carbocycles. The number of carbonyl (C=O) groups is 1. The second kappa shape index (κ2) is 6.22. The number of halogens is 10. The molecule has 1 aromatic heterocycles. The molecule has 0 spiro atoms. The van der Waals surface area contributed by atoms with E-state index < -0.39 is 52.0 Å². The molecule has 1 amide bonds. The zero-order chi connectivity index (χ0) is 22.9. The van der Waals surface area contributed by atoms with Gasteiger partial charge in [-0.15, -0.1) is 11.3 Å². The molecule has 30 heavy (non-hydrogen) atoms. The Morgan fingerprint density at radius 1 is 0.900 bits per heavy atom. The molecule has 1 heterocycles. The molecule has 0 atom stereocenters. The Morgan fingerprint density at radius 3 is 1.90 bits per heavy atom. The highest BCUT2D eigenvalue weighted by molar-refractivity contribution is 7.23. The number of benzene rings is 1. The normalized spacial score (nSPS) is 23.6. The summed E-state index contributed by atoms with van der Waals surface area (Å²) in [6.45, 7) is 0. The molecule has 162 valence electrons. The molecule has 1 fully saturated rings. The van der Waals surface area contributed by atoms with E-state index in [-0.39, 0.29) is 10.1 Å². The zero-order valence-corrected chi connectivity index (χ0v) is 14.7. The number of nitrogens with zero attached hydrogens (tertiary/aromatic N) is 1. The molecule has 0 aliphatic heterocycles. The van der Waals surface area contributed by atoms with E-state index in [9.17, 15) is 48.7 Å². The third-order valence-electron chi connectivity index (χ3n) is 4.56. The van der Waals surface area contributed by atoms with Crippen LogP contribution < -0.4 is 5.32 Å². The summed E-state index contributed by atoms with van der Waals surface area (Å²) in [6, 6.07) is 7.05. The molecule has 0 unspecified atom stereocenters. The number of hydrogen-bond donors (Lipinski definition) is 1. The summed E-state index contributed by atoms with van der Waals surface area (Å²) in [5.41, 5.74) is -0.449. The molecule has 14 heteroatoms. The van der Waals surface area contributed by atoms with Crippen molar-refractivity contribution in [3.8, 4) is 6.07 Å². The average Bonchev–Trinajstić information content (AvgIpc) is 2.96. The first-order valence-corrected chi connectivity index (χ1v) is 8.49. The van der Waals surface area contributed by atoms with Gasteiger partial charge in [0.15, 0.2) is 5.92 Å². The minimum absolute atomic E-state index is 0.115. The Labute approximate surface area is 163 Å². The number of thiophene rings is 1. The summed E-state index contributed by atoms with van der Waals surface area (Å²) < 4.78 is 137. The minimum atomic E-state index is -7.15. The molecule has 1 N–H and O–H groups in total. The van der Waals surface area contributed by atoms with E-state index in [0.29, 0.717) is 11.3 Å². The standard InChI is InChI=1S/C16H6F10N2OS/c17-12(18)9(13(19,20)15(23,24)16(25,26)14(12,21)22)10(29)28-11-7(5-27)6-3-1-2-4-8(6)30-11/h1-4,9H,(H,28,29). The van der Waals surface area contributed by atoms with Crippen molar-refractivity contribution in [3.63, 3.8) is 0 Å². The number of nitrogens with one attached hydrogen (secondary N) is 1. The fourth-order valence-corrected chi connectivity index (χ4v) is 4.02. The topological polar surface area (TPSA) is 52.9 Å². The number of amides is 1. The molecular weight excluding hydrogens is 458 g/mol. The van der Waals surface area contributed by atoms with Crippen molar-refractivity contribution in [1.29, 1.82) is 5.26 Å². The molecule has 2 aromatic rings. The van der Waals surface area contributed by atoms with Gasteiger partial charge >= 0.3 is 29.6 Å². The first-order valence-electron chi connectivity index (χ1n) is 7.67. The smallest absolute Gasteiger partial charge is 0.316 e. The molecule has 1 aliphatic rings. The van der Waals surface area contributed by atoms with Gasteiger partial charge in [0.1, 0.15) is 11.1 Å². The SMILES string of the molecule is N#Cc1c(NC(=O)C2C(F)(F)C(F)(F)C(F)(F)C(F)(F)C2(F)F)sc2ccccc12. The maximum atomic E-state index is 14.0. The van der Waals surface area contributed by atoms with Crippen molar-refractivity contribution in [2.75, 3.05) is 5.32 Å². The van der Waals surface area contributed by atoms with Gasteiger partial charge in [0.05, 0.1) is 5.56 Å². The number of hydrogen-bond acceptors (Lipinski definition) is 3. The fourth-order valence-electron chi connectivity index (χ4n) is 2.96. The van der Waals surface area contributed by atoms with Crippen LogP contribution in [0.4, 0.5) is 48.9 Å². The lowest BCUT2D eigenvalue weighted by molar-refractivity contribution is -0.456. The summed E-state index contributed by atoms with van der Waals surface area (Å²) in [7, 11) is 0. The van der Waals surface area contributed by atoms with E-state index in [0.717, 1.165) is 0 Å². The first kappa shape index (κ1) is 22.1. The molecule has 0 radical (unpaired) electrons. The lowest BCUT2D eigenvalue weighted by Crippen LogP contribution is -2.79. The maximum absolute atomic E-state index is 14.0. The summed E-state index contributed by atoms with van der Waals surface area (Å²) in [5, 5.41) is 9.89. The van der Waals surface area contributed by atoms with Crippen molar-refractivity contribution in [2.24, 2.45) is 5.92 Å². The quantitative estimate of drug-likeness (QED) is 0.596. The van der Waals surface area contributed by atoms with E-state index in [1.54, 1.807) is 0 Å². The van der Waals surface area contributed by atoms with Crippen LogP contribution in [0.3, 0.4) is 0 Å². The molecule has 1 aliphatic carbocycles. The van der Waals surface area contributed by atoms with Crippen molar-refractivity contribution in [1.82, 2.24) is 0 Å². The molecule has 3 rings (SSSR count). The molecule has 0 saturated heterocycles. The molecule has 1 aromatic carbocycles. The number of nitriles is 1. The Bertz CT molecular complexity index is 1040. The fraction of sp³-hybridized carbons (Fsp3) is 0.375. The van der Waals surface area contributed by atoms with Gasteiger partial charge in [-0.05, 0) is 6.07 Å². The lowest BCUT2D eigenvalue weighted by Gasteiger charge is -2.48. The lowest BCUT2D eigenvalue weighted by atomic mass is 9.74. The van der Waals surface area contributed by atoms with Gasteiger partial charge in [0.25, 0.3) is 0 Å². The number of carbonyl (C=O) groups excluding carboxylic acids is 1. The number of anilines is 1. The Morgan fingerprint density at radius 2 is 1.40 bits per heavy atom. The second-order valence-electron chi connectivity index (χ2n) is 6.31. The van der Waals surface area contributed by atoms with E-state index in [1.807, 2.05) is 0 Å². The maximum Gasteiger partial charge on any atom is 0.384 e. The predicted octanol–water partition coefficient (Wildman–Crippen LogP) is 5.52. The van der Waals surface area contributed by atoms with E-state index >= 15 is 0 Å². The van der Waals surface area contributed by atoms with Gasteiger partial charge in [-0.25, -0.2) is 0 Å². The minimum Gasteiger partial charge on any atom is -0.316 e. The molecule has 3 nitrogen and oxygen atoms in total. The van der Waals surface area contributed by atoms with Crippen LogP contribution >= 0.6 is 11.3 Å². The zero-order valence-electron chi connectivity index (χ0n) is 13.9. The summed E-state index contributed by atoms with van der Waals surface area (Å²) in [4.78, 5) is 12.0. The van der Waals surface area contributed by atoms with Crippen molar-refractivity contribution in [3.05, 3.63) is 29.8 Å². The monoisotopic (exact) mass is 464 g/mol. The van der Waals surface area contributed by atoms with E-state index in [4.69, 9.17) is 5.26 Å². The number of rotatable bonds is 2. The number of alkyl halides is 10. The van der Waals surface area contributed by atoms with Crippen LogP contribution in [0.15, 0.2) is 24.3 Å². The van der Waals surface area contributed by atoms with Gasteiger partial charge in [-0.3, -0.25) is 4.79 Å². The second-order valence-corrected chi connectivity index (χ2v) is 7.36.